The Morgan fingerprint density at radius 2 is 1.97 bits per heavy atom. The van der Waals surface area contributed by atoms with Crippen molar-refractivity contribution >= 4 is 34.1 Å². The van der Waals surface area contributed by atoms with Crippen LogP contribution in [-0.2, 0) is 11.4 Å². The fourth-order valence-electron chi connectivity index (χ4n) is 2.97. The van der Waals surface area contributed by atoms with Crippen LogP contribution in [0.1, 0.15) is 54.4 Å². The summed E-state index contributed by atoms with van der Waals surface area (Å²) in [6, 6.07) is 3.50. The number of aryl methyl sites for hydroxylation is 2. The van der Waals surface area contributed by atoms with Crippen molar-refractivity contribution in [2.75, 3.05) is 11.9 Å². The predicted molar refractivity (Wildman–Crippen MR) is 111 cm³/mol. The number of hydrogen-bond acceptors (Lipinski definition) is 7. The third-order valence-corrected chi connectivity index (χ3v) is 5.55. The summed E-state index contributed by atoms with van der Waals surface area (Å²) in [6.45, 7) is 7.60. The second kappa shape index (κ2) is 8.49. The summed E-state index contributed by atoms with van der Waals surface area (Å²) >= 11 is 0.930. The number of carbonyl (C=O) groups excluding carboxylic acids is 3. The molecular formula is C19H22N6O4S. The number of carbonyl (C=O) groups is 3. The number of nitrogens with one attached hydrogen (secondary N) is 1. The summed E-state index contributed by atoms with van der Waals surface area (Å²) in [7, 11) is 0. The van der Waals surface area contributed by atoms with E-state index in [1.54, 1.807) is 35.5 Å². The summed E-state index contributed by atoms with van der Waals surface area (Å²) in [5.41, 5.74) is 7.89. The Labute approximate surface area is 176 Å². The van der Waals surface area contributed by atoms with Crippen molar-refractivity contribution in [3.63, 3.8) is 0 Å². The van der Waals surface area contributed by atoms with Crippen molar-refractivity contribution in [2.45, 2.75) is 34.4 Å². The number of nitrogens with two attached hydrogens (primary N) is 1. The molecule has 3 aromatic heterocycles. The van der Waals surface area contributed by atoms with Crippen molar-refractivity contribution < 1.29 is 19.1 Å². The van der Waals surface area contributed by atoms with Gasteiger partial charge in [0.2, 0.25) is 0 Å². The minimum Gasteiger partial charge on any atom is -0.462 e. The van der Waals surface area contributed by atoms with E-state index in [1.165, 1.54) is 0 Å². The lowest BCUT2D eigenvalue weighted by molar-refractivity contribution is 0.0527. The third-order valence-electron chi connectivity index (χ3n) is 4.33. The molecule has 0 radical (unpaired) electrons. The minimum absolute atomic E-state index is 0.117. The monoisotopic (exact) mass is 430 g/mol. The minimum atomic E-state index is -0.683. The largest absolute Gasteiger partial charge is 0.462 e. The molecule has 0 spiro atoms. The zero-order chi connectivity index (χ0) is 22.0. The molecule has 3 heterocycles. The van der Waals surface area contributed by atoms with Crippen LogP contribution < -0.4 is 11.1 Å². The average Bonchev–Trinajstić information content (AvgIpc) is 3.34. The normalized spacial score (nSPS) is 10.8. The average molecular weight is 430 g/mol. The molecule has 0 atom stereocenters. The molecule has 10 nitrogen and oxygen atoms in total. The molecule has 158 valence electrons. The van der Waals surface area contributed by atoms with Gasteiger partial charge in [-0.15, -0.1) is 11.3 Å². The maximum absolute atomic E-state index is 12.7. The Kier molecular flexibility index (Phi) is 6.01. The first kappa shape index (κ1) is 21.2. The zero-order valence-electron chi connectivity index (χ0n) is 17.1. The van der Waals surface area contributed by atoms with E-state index >= 15 is 0 Å². The number of aromatic nitrogens is 4. The molecule has 30 heavy (non-hydrogen) atoms. The molecule has 0 bridgehead atoms. The van der Waals surface area contributed by atoms with Gasteiger partial charge in [0.05, 0.1) is 22.7 Å². The van der Waals surface area contributed by atoms with Crippen molar-refractivity contribution in [3.8, 4) is 0 Å². The van der Waals surface area contributed by atoms with Gasteiger partial charge in [-0.05, 0) is 45.4 Å². The molecule has 0 aliphatic carbocycles. The molecule has 0 unspecified atom stereocenters. The van der Waals surface area contributed by atoms with Gasteiger partial charge in [0.25, 0.3) is 11.8 Å². The van der Waals surface area contributed by atoms with Crippen molar-refractivity contribution in [2.24, 2.45) is 5.73 Å². The van der Waals surface area contributed by atoms with E-state index in [9.17, 15) is 14.4 Å². The molecular weight excluding hydrogens is 408 g/mol. The van der Waals surface area contributed by atoms with Gasteiger partial charge in [0, 0.05) is 11.9 Å². The van der Waals surface area contributed by atoms with E-state index in [2.05, 4.69) is 15.5 Å². The van der Waals surface area contributed by atoms with Gasteiger partial charge >= 0.3 is 5.97 Å². The maximum Gasteiger partial charge on any atom is 0.341 e. The van der Waals surface area contributed by atoms with Crippen LogP contribution in [0.25, 0.3) is 0 Å². The van der Waals surface area contributed by atoms with Crippen LogP contribution in [0, 0.1) is 20.8 Å². The molecule has 3 aromatic rings. The highest BCUT2D eigenvalue weighted by molar-refractivity contribution is 7.18. The Hall–Kier alpha value is -3.47. The number of rotatable bonds is 7. The number of amides is 2. The summed E-state index contributed by atoms with van der Waals surface area (Å²) in [5.74, 6) is -1.84. The van der Waals surface area contributed by atoms with Crippen LogP contribution in [0.4, 0.5) is 5.00 Å². The molecule has 0 aliphatic rings. The summed E-state index contributed by atoms with van der Waals surface area (Å²) in [5, 5.41) is 11.5. The Morgan fingerprint density at radius 3 is 2.57 bits per heavy atom. The SMILES string of the molecule is CCOC(=O)c1c(NC(=O)c2ccn(Cn3nc(C)cc3C)n2)sc(C(N)=O)c1C. The smallest absolute Gasteiger partial charge is 0.341 e. The summed E-state index contributed by atoms with van der Waals surface area (Å²) in [6.07, 6.45) is 1.66. The fraction of sp³-hybridized carbons (Fsp3) is 0.316. The Bertz CT molecular complexity index is 1130. The maximum atomic E-state index is 12.7. The van der Waals surface area contributed by atoms with Crippen LogP contribution in [0.5, 0.6) is 0 Å². The number of thiophene rings is 1. The van der Waals surface area contributed by atoms with Gasteiger partial charge in [-0.25, -0.2) is 9.48 Å². The number of primary amides is 1. The second-order valence-electron chi connectivity index (χ2n) is 6.61. The number of hydrogen-bond donors (Lipinski definition) is 2. The molecule has 0 aromatic carbocycles. The third kappa shape index (κ3) is 4.25. The molecule has 0 aliphatic heterocycles. The summed E-state index contributed by atoms with van der Waals surface area (Å²) in [4.78, 5) is 36.9. The van der Waals surface area contributed by atoms with E-state index < -0.39 is 17.8 Å². The first-order valence-electron chi connectivity index (χ1n) is 9.17. The lowest BCUT2D eigenvalue weighted by Crippen LogP contribution is -2.17. The van der Waals surface area contributed by atoms with Crippen LogP contribution in [0.2, 0.25) is 0 Å². The van der Waals surface area contributed by atoms with Crippen molar-refractivity contribution in [1.29, 1.82) is 0 Å². The van der Waals surface area contributed by atoms with E-state index in [-0.39, 0.29) is 27.7 Å². The molecule has 0 fully saturated rings. The quantitative estimate of drug-likeness (QED) is 0.551. The lowest BCUT2D eigenvalue weighted by Gasteiger charge is -2.06. The molecule has 2 amide bonds. The molecule has 3 rings (SSSR count). The fourth-order valence-corrected chi connectivity index (χ4v) is 4.01. The Morgan fingerprint density at radius 1 is 1.23 bits per heavy atom. The van der Waals surface area contributed by atoms with Crippen LogP contribution in [0.3, 0.4) is 0 Å². The molecule has 3 N–H and O–H groups in total. The van der Waals surface area contributed by atoms with Crippen LogP contribution >= 0.6 is 11.3 Å². The zero-order valence-corrected chi connectivity index (χ0v) is 17.9. The van der Waals surface area contributed by atoms with Crippen molar-refractivity contribution in [1.82, 2.24) is 19.6 Å². The van der Waals surface area contributed by atoms with E-state index in [1.807, 2.05) is 19.9 Å². The number of nitrogens with zero attached hydrogens (tertiary/aromatic N) is 4. The van der Waals surface area contributed by atoms with Gasteiger partial charge in [0.15, 0.2) is 5.69 Å². The first-order valence-corrected chi connectivity index (χ1v) is 9.99. The van der Waals surface area contributed by atoms with E-state index in [0.29, 0.717) is 12.2 Å². The van der Waals surface area contributed by atoms with Gasteiger partial charge in [-0.3, -0.25) is 14.3 Å². The molecule has 0 saturated carbocycles. The highest BCUT2D eigenvalue weighted by Crippen LogP contribution is 2.33. The van der Waals surface area contributed by atoms with Crippen LogP contribution in [-0.4, -0.2) is 44.0 Å². The number of ether oxygens (including phenoxy) is 1. The van der Waals surface area contributed by atoms with E-state index in [4.69, 9.17) is 10.5 Å². The summed E-state index contributed by atoms with van der Waals surface area (Å²) < 4.78 is 8.40. The standard InChI is InChI=1S/C19H22N6O4S/c1-5-29-19(28)14-12(4)15(16(20)26)30-18(14)21-17(27)13-6-7-24(23-13)9-25-11(3)8-10(2)22-25/h6-8H,5,9H2,1-4H3,(H2,20,26)(H,21,27). The second-order valence-corrected chi connectivity index (χ2v) is 7.63. The Balaban J connectivity index is 1.83. The van der Waals surface area contributed by atoms with Gasteiger partial charge in [0.1, 0.15) is 11.7 Å². The first-order chi connectivity index (χ1) is 14.2. The van der Waals surface area contributed by atoms with Gasteiger partial charge in [-0.1, -0.05) is 0 Å². The number of anilines is 1. The molecule has 11 heteroatoms. The van der Waals surface area contributed by atoms with Gasteiger partial charge in [-0.2, -0.15) is 10.2 Å². The van der Waals surface area contributed by atoms with Gasteiger partial charge < -0.3 is 15.8 Å². The predicted octanol–water partition coefficient (Wildman–Crippen LogP) is 2.10. The lowest BCUT2D eigenvalue weighted by atomic mass is 10.1. The molecule has 0 saturated heterocycles. The highest BCUT2D eigenvalue weighted by atomic mass is 32.1. The van der Waals surface area contributed by atoms with Crippen LogP contribution in [0.15, 0.2) is 18.3 Å². The highest BCUT2D eigenvalue weighted by Gasteiger charge is 2.26. The van der Waals surface area contributed by atoms with E-state index in [0.717, 1.165) is 22.7 Å². The number of esters is 1. The van der Waals surface area contributed by atoms with Crippen molar-refractivity contribution in [3.05, 3.63) is 51.4 Å². The topological polar surface area (TPSA) is 134 Å².